The van der Waals surface area contributed by atoms with Crippen molar-refractivity contribution in [3.63, 3.8) is 0 Å². The van der Waals surface area contributed by atoms with Crippen LogP contribution in [0.1, 0.15) is 25.0 Å². The Bertz CT molecular complexity index is 640. The number of hydrogen-bond acceptors (Lipinski definition) is 4. The first kappa shape index (κ1) is 15.3. The predicted octanol–water partition coefficient (Wildman–Crippen LogP) is 2.86. The second-order valence-electron chi connectivity index (χ2n) is 5.27. The molecule has 0 bridgehead atoms. The monoisotopic (exact) mass is 304 g/mol. The van der Waals surface area contributed by atoms with E-state index in [1.54, 1.807) is 0 Å². The van der Waals surface area contributed by atoms with E-state index in [1.165, 1.54) is 12.4 Å². The van der Waals surface area contributed by atoms with E-state index in [2.05, 4.69) is 20.8 Å². The standard InChI is InChI=1S/C15H17ClN4O/c1-10-4-6-11(7-5-10)15(2,3)14(21)20-19-13-12(16)17-8-9-18-13/h4-9H,1-3H3,(H,18,19)(H,20,21). The lowest BCUT2D eigenvalue weighted by Gasteiger charge is -2.24. The molecular formula is C15H17ClN4O. The predicted molar refractivity (Wildman–Crippen MR) is 83.0 cm³/mol. The maximum atomic E-state index is 12.4. The average Bonchev–Trinajstić information content (AvgIpc) is 2.46. The van der Waals surface area contributed by atoms with Crippen molar-refractivity contribution in [3.8, 4) is 0 Å². The molecule has 0 aliphatic rings. The third-order valence-electron chi connectivity index (χ3n) is 3.29. The number of aromatic nitrogens is 2. The molecule has 0 radical (unpaired) electrons. The number of amides is 1. The molecule has 1 aromatic heterocycles. The molecule has 0 aliphatic carbocycles. The van der Waals surface area contributed by atoms with E-state index in [9.17, 15) is 4.79 Å². The van der Waals surface area contributed by atoms with Gasteiger partial charge in [-0.15, -0.1) is 0 Å². The molecule has 1 aromatic carbocycles. The van der Waals surface area contributed by atoms with Crippen LogP contribution in [0.3, 0.4) is 0 Å². The van der Waals surface area contributed by atoms with Gasteiger partial charge in [-0.05, 0) is 26.3 Å². The summed E-state index contributed by atoms with van der Waals surface area (Å²) in [4.78, 5) is 20.2. The van der Waals surface area contributed by atoms with Crippen molar-refractivity contribution >= 4 is 23.3 Å². The first-order valence-corrected chi connectivity index (χ1v) is 6.89. The molecule has 21 heavy (non-hydrogen) atoms. The van der Waals surface area contributed by atoms with E-state index in [0.29, 0.717) is 5.82 Å². The van der Waals surface area contributed by atoms with Crippen LogP contribution in [0, 0.1) is 6.92 Å². The van der Waals surface area contributed by atoms with E-state index < -0.39 is 5.41 Å². The van der Waals surface area contributed by atoms with E-state index in [0.717, 1.165) is 11.1 Å². The lowest BCUT2D eigenvalue weighted by atomic mass is 9.83. The molecule has 0 unspecified atom stereocenters. The zero-order valence-corrected chi connectivity index (χ0v) is 12.9. The Morgan fingerprint density at radius 3 is 2.38 bits per heavy atom. The highest BCUT2D eigenvalue weighted by Crippen LogP contribution is 2.24. The van der Waals surface area contributed by atoms with Crippen LogP contribution in [0.2, 0.25) is 5.15 Å². The second-order valence-corrected chi connectivity index (χ2v) is 5.62. The lowest BCUT2D eigenvalue weighted by Crippen LogP contribution is -2.43. The zero-order chi connectivity index (χ0) is 15.5. The summed E-state index contributed by atoms with van der Waals surface area (Å²) < 4.78 is 0. The number of hydrazine groups is 1. The Hall–Kier alpha value is -2.14. The van der Waals surface area contributed by atoms with Crippen LogP contribution in [0.15, 0.2) is 36.7 Å². The molecular weight excluding hydrogens is 288 g/mol. The van der Waals surface area contributed by atoms with Crippen LogP contribution in [-0.4, -0.2) is 15.9 Å². The molecule has 1 amide bonds. The summed E-state index contributed by atoms with van der Waals surface area (Å²) in [5.41, 5.74) is 6.71. The molecule has 0 spiro atoms. The van der Waals surface area contributed by atoms with Gasteiger partial charge >= 0.3 is 0 Å². The molecule has 110 valence electrons. The number of anilines is 1. The molecule has 2 rings (SSSR count). The van der Waals surface area contributed by atoms with Crippen LogP contribution in [0.5, 0.6) is 0 Å². The second kappa shape index (κ2) is 6.10. The minimum absolute atomic E-state index is 0.187. The van der Waals surface area contributed by atoms with Gasteiger partial charge in [-0.1, -0.05) is 41.4 Å². The maximum absolute atomic E-state index is 12.4. The van der Waals surface area contributed by atoms with E-state index in [-0.39, 0.29) is 11.1 Å². The SMILES string of the molecule is Cc1ccc(C(C)(C)C(=O)NNc2nccnc2Cl)cc1. The van der Waals surface area contributed by atoms with Crippen molar-refractivity contribution in [1.29, 1.82) is 0 Å². The number of carbonyl (C=O) groups excluding carboxylic acids is 1. The van der Waals surface area contributed by atoms with Gasteiger partial charge in [0.25, 0.3) is 0 Å². The summed E-state index contributed by atoms with van der Waals surface area (Å²) in [5, 5.41) is 0.200. The number of aryl methyl sites for hydroxylation is 1. The summed E-state index contributed by atoms with van der Waals surface area (Å²) in [6, 6.07) is 7.86. The number of nitrogens with zero attached hydrogens (tertiary/aromatic N) is 2. The summed E-state index contributed by atoms with van der Waals surface area (Å²) in [6.45, 7) is 5.72. The average molecular weight is 305 g/mol. The highest BCUT2D eigenvalue weighted by atomic mass is 35.5. The zero-order valence-electron chi connectivity index (χ0n) is 12.1. The Balaban J connectivity index is 2.08. The van der Waals surface area contributed by atoms with E-state index in [4.69, 9.17) is 11.6 Å². The maximum Gasteiger partial charge on any atom is 0.248 e. The van der Waals surface area contributed by atoms with Crippen molar-refractivity contribution in [2.24, 2.45) is 0 Å². The van der Waals surface area contributed by atoms with Crippen molar-refractivity contribution in [2.75, 3.05) is 5.43 Å². The molecule has 0 atom stereocenters. The first-order chi connectivity index (χ1) is 9.91. The Morgan fingerprint density at radius 2 is 1.76 bits per heavy atom. The number of halogens is 1. The van der Waals surface area contributed by atoms with Gasteiger partial charge in [0.15, 0.2) is 11.0 Å². The molecule has 6 heteroatoms. The normalized spacial score (nSPS) is 11.0. The fourth-order valence-corrected chi connectivity index (χ4v) is 1.93. The summed E-state index contributed by atoms with van der Waals surface area (Å²) in [7, 11) is 0. The fourth-order valence-electron chi connectivity index (χ4n) is 1.78. The fraction of sp³-hybridized carbons (Fsp3) is 0.267. The van der Waals surface area contributed by atoms with Crippen LogP contribution in [0.4, 0.5) is 5.82 Å². The van der Waals surface area contributed by atoms with Gasteiger partial charge in [0, 0.05) is 12.4 Å². The van der Waals surface area contributed by atoms with E-state index >= 15 is 0 Å². The molecule has 1 heterocycles. The summed E-state index contributed by atoms with van der Waals surface area (Å²) in [6.07, 6.45) is 2.97. The highest BCUT2D eigenvalue weighted by Gasteiger charge is 2.29. The van der Waals surface area contributed by atoms with Gasteiger partial charge in [-0.2, -0.15) is 0 Å². The summed E-state index contributed by atoms with van der Waals surface area (Å²) >= 11 is 5.87. The van der Waals surface area contributed by atoms with Gasteiger partial charge in [-0.3, -0.25) is 15.6 Å². The van der Waals surface area contributed by atoms with Crippen molar-refractivity contribution in [3.05, 3.63) is 52.9 Å². The number of carbonyl (C=O) groups is 1. The van der Waals surface area contributed by atoms with Crippen LogP contribution in [-0.2, 0) is 10.2 Å². The highest BCUT2D eigenvalue weighted by molar-refractivity contribution is 6.31. The quantitative estimate of drug-likeness (QED) is 0.852. The van der Waals surface area contributed by atoms with Gasteiger partial charge in [0.1, 0.15) is 0 Å². The molecule has 2 aromatic rings. The van der Waals surface area contributed by atoms with Crippen LogP contribution in [0.25, 0.3) is 0 Å². The Morgan fingerprint density at radius 1 is 1.14 bits per heavy atom. The molecule has 0 aliphatic heterocycles. The Kier molecular flexibility index (Phi) is 4.43. The topological polar surface area (TPSA) is 66.9 Å². The number of nitrogens with one attached hydrogen (secondary N) is 2. The van der Waals surface area contributed by atoms with Gasteiger partial charge in [0.05, 0.1) is 5.41 Å². The smallest absolute Gasteiger partial charge is 0.248 e. The van der Waals surface area contributed by atoms with Gasteiger partial charge < -0.3 is 0 Å². The Labute approximate surface area is 128 Å². The third kappa shape index (κ3) is 3.49. The van der Waals surface area contributed by atoms with Gasteiger partial charge in [0.2, 0.25) is 5.91 Å². The van der Waals surface area contributed by atoms with Crippen LogP contribution >= 0.6 is 11.6 Å². The molecule has 0 saturated heterocycles. The minimum atomic E-state index is -0.685. The van der Waals surface area contributed by atoms with Crippen molar-refractivity contribution < 1.29 is 4.79 Å². The number of hydrogen-bond donors (Lipinski definition) is 2. The van der Waals surface area contributed by atoms with E-state index in [1.807, 2.05) is 45.0 Å². The molecule has 5 nitrogen and oxygen atoms in total. The summed E-state index contributed by atoms with van der Waals surface area (Å²) in [5.74, 6) is 0.125. The first-order valence-electron chi connectivity index (χ1n) is 6.51. The van der Waals surface area contributed by atoms with Gasteiger partial charge in [-0.25, -0.2) is 9.97 Å². The molecule has 0 fully saturated rings. The van der Waals surface area contributed by atoms with Crippen molar-refractivity contribution in [1.82, 2.24) is 15.4 Å². The lowest BCUT2D eigenvalue weighted by molar-refractivity contribution is -0.125. The van der Waals surface area contributed by atoms with Crippen molar-refractivity contribution in [2.45, 2.75) is 26.2 Å². The number of benzene rings is 1. The number of rotatable bonds is 4. The molecule has 2 N–H and O–H groups in total. The third-order valence-corrected chi connectivity index (χ3v) is 3.57. The minimum Gasteiger partial charge on any atom is -0.279 e. The largest absolute Gasteiger partial charge is 0.279 e. The molecule has 0 saturated carbocycles. The van der Waals surface area contributed by atoms with Crippen LogP contribution < -0.4 is 10.9 Å².